The minimum atomic E-state index is -0.218. The number of benzene rings is 1. The molecular formula is C17H18N2O. The zero-order valence-electron chi connectivity index (χ0n) is 12.3. The van der Waals surface area contributed by atoms with E-state index in [1.54, 1.807) is 4.57 Å². The lowest BCUT2D eigenvalue weighted by molar-refractivity contribution is 0.575. The number of aryl methyl sites for hydroxylation is 2. The van der Waals surface area contributed by atoms with E-state index >= 15 is 0 Å². The van der Waals surface area contributed by atoms with E-state index in [2.05, 4.69) is 6.07 Å². The van der Waals surface area contributed by atoms with Crippen LogP contribution in [0.1, 0.15) is 36.6 Å². The molecule has 0 radical (unpaired) electrons. The Morgan fingerprint density at radius 1 is 1.25 bits per heavy atom. The lowest BCUT2D eigenvalue weighted by atomic mass is 9.96. The van der Waals surface area contributed by atoms with Crippen LogP contribution in [0.15, 0.2) is 35.3 Å². The van der Waals surface area contributed by atoms with Crippen LogP contribution in [-0.4, -0.2) is 4.57 Å². The highest BCUT2D eigenvalue weighted by molar-refractivity contribution is 5.73. The predicted molar refractivity (Wildman–Crippen MR) is 80.7 cm³/mol. The summed E-state index contributed by atoms with van der Waals surface area (Å²) in [5, 5.41) is 9.40. The van der Waals surface area contributed by atoms with Crippen molar-refractivity contribution in [2.24, 2.45) is 0 Å². The van der Waals surface area contributed by atoms with Crippen molar-refractivity contribution in [2.75, 3.05) is 0 Å². The summed E-state index contributed by atoms with van der Waals surface area (Å²) >= 11 is 0. The van der Waals surface area contributed by atoms with Crippen LogP contribution in [0, 0.1) is 25.2 Å². The van der Waals surface area contributed by atoms with Crippen LogP contribution in [-0.2, 0) is 0 Å². The summed E-state index contributed by atoms with van der Waals surface area (Å²) in [5.74, 6) is 0. The molecule has 102 valence electrons. The molecule has 2 rings (SSSR count). The standard InChI is InChI=1S/C17H18N2O/c1-11(2)19-10-13(4)16(15(9-18)17(19)20)14-7-5-6-12(3)8-14/h5-8,10-11H,1-4H3. The Bertz CT molecular complexity index is 749. The van der Waals surface area contributed by atoms with Crippen LogP contribution < -0.4 is 5.56 Å². The monoisotopic (exact) mass is 266 g/mol. The summed E-state index contributed by atoms with van der Waals surface area (Å²) in [6.45, 7) is 7.82. The van der Waals surface area contributed by atoms with Gasteiger partial charge in [0.25, 0.3) is 5.56 Å². The molecule has 0 unspecified atom stereocenters. The van der Waals surface area contributed by atoms with Gasteiger partial charge in [-0.2, -0.15) is 5.26 Å². The smallest absolute Gasteiger partial charge is 0.269 e. The molecule has 0 aliphatic rings. The first-order valence-corrected chi connectivity index (χ1v) is 6.68. The van der Waals surface area contributed by atoms with Gasteiger partial charge < -0.3 is 4.57 Å². The Balaban J connectivity index is 2.82. The van der Waals surface area contributed by atoms with Crippen molar-refractivity contribution in [1.82, 2.24) is 4.57 Å². The van der Waals surface area contributed by atoms with Crippen LogP contribution in [0.25, 0.3) is 11.1 Å². The quantitative estimate of drug-likeness (QED) is 0.834. The van der Waals surface area contributed by atoms with Gasteiger partial charge in [0.2, 0.25) is 0 Å². The maximum Gasteiger partial charge on any atom is 0.269 e. The van der Waals surface area contributed by atoms with E-state index in [9.17, 15) is 10.1 Å². The van der Waals surface area contributed by atoms with E-state index in [0.29, 0.717) is 0 Å². The topological polar surface area (TPSA) is 45.8 Å². The summed E-state index contributed by atoms with van der Waals surface area (Å²) in [7, 11) is 0. The summed E-state index contributed by atoms with van der Waals surface area (Å²) in [6.07, 6.45) is 1.84. The van der Waals surface area contributed by atoms with Crippen LogP contribution in [0.4, 0.5) is 0 Å². The van der Waals surface area contributed by atoms with E-state index < -0.39 is 0 Å². The van der Waals surface area contributed by atoms with E-state index in [4.69, 9.17) is 0 Å². The van der Waals surface area contributed by atoms with Crippen molar-refractivity contribution in [3.63, 3.8) is 0 Å². The molecule has 0 N–H and O–H groups in total. The lowest BCUT2D eigenvalue weighted by Gasteiger charge is -2.15. The molecule has 2 aromatic rings. The highest BCUT2D eigenvalue weighted by atomic mass is 16.1. The van der Waals surface area contributed by atoms with Crippen LogP contribution in [0.5, 0.6) is 0 Å². The van der Waals surface area contributed by atoms with Crippen molar-refractivity contribution < 1.29 is 0 Å². The van der Waals surface area contributed by atoms with Crippen LogP contribution in [0.2, 0.25) is 0 Å². The third kappa shape index (κ3) is 2.37. The molecule has 0 bridgehead atoms. The zero-order chi connectivity index (χ0) is 14.9. The Morgan fingerprint density at radius 2 is 1.95 bits per heavy atom. The van der Waals surface area contributed by atoms with Gasteiger partial charge >= 0.3 is 0 Å². The molecule has 0 atom stereocenters. The van der Waals surface area contributed by atoms with E-state index in [-0.39, 0.29) is 17.2 Å². The molecule has 1 aromatic heterocycles. The number of nitriles is 1. The molecule has 0 aliphatic carbocycles. The first kappa shape index (κ1) is 14.1. The molecule has 1 heterocycles. The van der Waals surface area contributed by atoms with Crippen molar-refractivity contribution in [1.29, 1.82) is 5.26 Å². The first-order valence-electron chi connectivity index (χ1n) is 6.68. The van der Waals surface area contributed by atoms with Gasteiger partial charge in [-0.15, -0.1) is 0 Å². The number of nitrogens with zero attached hydrogens (tertiary/aromatic N) is 2. The van der Waals surface area contributed by atoms with Gasteiger partial charge in [-0.3, -0.25) is 4.79 Å². The Hall–Kier alpha value is -2.34. The van der Waals surface area contributed by atoms with Crippen molar-refractivity contribution in [2.45, 2.75) is 33.7 Å². The maximum atomic E-state index is 12.4. The van der Waals surface area contributed by atoms with Gasteiger partial charge in [-0.05, 0) is 38.8 Å². The average Bonchev–Trinajstić information content (AvgIpc) is 2.40. The summed E-state index contributed by atoms with van der Waals surface area (Å²) in [4.78, 5) is 12.4. The number of pyridine rings is 1. The van der Waals surface area contributed by atoms with Crippen molar-refractivity contribution >= 4 is 0 Å². The van der Waals surface area contributed by atoms with Gasteiger partial charge in [0.1, 0.15) is 11.6 Å². The summed E-state index contributed by atoms with van der Waals surface area (Å²) in [5.41, 5.74) is 3.73. The molecule has 0 spiro atoms. The van der Waals surface area contributed by atoms with Gasteiger partial charge in [0.15, 0.2) is 0 Å². The number of hydrogen-bond donors (Lipinski definition) is 0. The highest BCUT2D eigenvalue weighted by Gasteiger charge is 2.16. The van der Waals surface area contributed by atoms with E-state index in [1.165, 1.54) is 0 Å². The zero-order valence-corrected chi connectivity index (χ0v) is 12.3. The minimum Gasteiger partial charge on any atom is -0.312 e. The van der Waals surface area contributed by atoms with Gasteiger partial charge in [-0.25, -0.2) is 0 Å². The molecule has 20 heavy (non-hydrogen) atoms. The summed E-state index contributed by atoms with van der Waals surface area (Å²) < 4.78 is 1.62. The second-order valence-corrected chi connectivity index (χ2v) is 5.35. The van der Waals surface area contributed by atoms with E-state index in [0.717, 1.165) is 22.3 Å². The number of rotatable bonds is 2. The van der Waals surface area contributed by atoms with E-state index in [1.807, 2.05) is 58.2 Å². The molecule has 0 aliphatic heterocycles. The Morgan fingerprint density at radius 3 is 2.50 bits per heavy atom. The molecule has 0 saturated heterocycles. The fraction of sp³-hybridized carbons (Fsp3) is 0.294. The Kier molecular flexibility index (Phi) is 3.76. The fourth-order valence-corrected chi connectivity index (χ4v) is 2.42. The maximum absolute atomic E-state index is 12.4. The molecule has 0 amide bonds. The third-order valence-electron chi connectivity index (χ3n) is 3.40. The SMILES string of the molecule is Cc1cccc(-c2c(C)cn(C(C)C)c(=O)c2C#N)c1. The Labute approximate surface area is 119 Å². The number of hydrogen-bond acceptors (Lipinski definition) is 2. The third-order valence-corrected chi connectivity index (χ3v) is 3.40. The van der Waals surface area contributed by atoms with Crippen LogP contribution >= 0.6 is 0 Å². The molecule has 3 heteroatoms. The molecular weight excluding hydrogens is 248 g/mol. The fourth-order valence-electron chi connectivity index (χ4n) is 2.42. The highest BCUT2D eigenvalue weighted by Crippen LogP contribution is 2.26. The van der Waals surface area contributed by atoms with Crippen molar-refractivity contribution in [3.05, 3.63) is 57.5 Å². The van der Waals surface area contributed by atoms with Crippen molar-refractivity contribution in [3.8, 4) is 17.2 Å². The minimum absolute atomic E-state index is 0.0415. The second kappa shape index (κ2) is 5.34. The molecule has 0 saturated carbocycles. The normalized spacial score (nSPS) is 10.6. The predicted octanol–water partition coefficient (Wildman–Crippen LogP) is 3.58. The van der Waals surface area contributed by atoms with Gasteiger partial charge in [0.05, 0.1) is 0 Å². The van der Waals surface area contributed by atoms with Gasteiger partial charge in [0, 0.05) is 17.8 Å². The number of aromatic nitrogens is 1. The molecule has 3 nitrogen and oxygen atoms in total. The largest absolute Gasteiger partial charge is 0.312 e. The first-order chi connectivity index (χ1) is 9.45. The second-order valence-electron chi connectivity index (χ2n) is 5.35. The molecule has 1 aromatic carbocycles. The lowest BCUT2D eigenvalue weighted by Crippen LogP contribution is -2.25. The van der Waals surface area contributed by atoms with Crippen LogP contribution in [0.3, 0.4) is 0 Å². The summed E-state index contributed by atoms with van der Waals surface area (Å²) in [6, 6.07) is 10.0. The van der Waals surface area contributed by atoms with Gasteiger partial charge in [-0.1, -0.05) is 29.8 Å². The molecule has 0 fully saturated rings. The average molecular weight is 266 g/mol.